The molecule has 3 aromatic rings. The Labute approximate surface area is 153 Å². The van der Waals surface area contributed by atoms with E-state index in [0.29, 0.717) is 11.3 Å². The quantitative estimate of drug-likeness (QED) is 0.603. The molecular formula is C17H16FN3O5S. The minimum atomic E-state index is -3.81. The van der Waals surface area contributed by atoms with Gasteiger partial charge in [0.05, 0.1) is 23.0 Å². The zero-order chi connectivity index (χ0) is 19.6. The van der Waals surface area contributed by atoms with Gasteiger partial charge in [0.15, 0.2) is 0 Å². The van der Waals surface area contributed by atoms with Crippen molar-refractivity contribution in [3.63, 3.8) is 0 Å². The Kier molecular flexibility index (Phi) is 5.10. The van der Waals surface area contributed by atoms with Crippen LogP contribution in [-0.2, 0) is 16.6 Å². The fraction of sp³-hybridized carbons (Fsp3) is 0.176. The predicted molar refractivity (Wildman–Crippen MR) is 97.0 cm³/mol. The minimum Gasteiger partial charge on any atom is -0.497 e. The van der Waals surface area contributed by atoms with Crippen LogP contribution in [0.15, 0.2) is 56.9 Å². The SMILES string of the molecule is COc1ccc(S(=O)(=O)NCCn2c(=O)c(=O)[nH]c3cc(F)ccc32)cc1. The number of fused-ring (bicyclic) bond motifs is 1. The molecule has 3 rings (SSSR count). The zero-order valence-electron chi connectivity index (χ0n) is 14.2. The highest BCUT2D eigenvalue weighted by molar-refractivity contribution is 7.89. The Hall–Kier alpha value is -2.98. The number of aromatic nitrogens is 2. The second-order valence-electron chi connectivity index (χ2n) is 5.65. The molecular weight excluding hydrogens is 377 g/mol. The summed E-state index contributed by atoms with van der Waals surface area (Å²) in [5.74, 6) is -0.0497. The maximum Gasteiger partial charge on any atom is 0.316 e. The molecule has 0 saturated heterocycles. The van der Waals surface area contributed by atoms with Gasteiger partial charge in [-0.1, -0.05) is 0 Å². The van der Waals surface area contributed by atoms with E-state index in [1.54, 1.807) is 0 Å². The summed E-state index contributed by atoms with van der Waals surface area (Å²) in [6.07, 6.45) is 0. The van der Waals surface area contributed by atoms with E-state index < -0.39 is 27.0 Å². The molecule has 27 heavy (non-hydrogen) atoms. The van der Waals surface area contributed by atoms with Gasteiger partial charge in [-0.15, -0.1) is 0 Å². The highest BCUT2D eigenvalue weighted by atomic mass is 32.2. The third-order valence-electron chi connectivity index (χ3n) is 3.93. The predicted octanol–water partition coefficient (Wildman–Crippen LogP) is 0.816. The van der Waals surface area contributed by atoms with Crippen LogP contribution in [-0.4, -0.2) is 31.6 Å². The van der Waals surface area contributed by atoms with Gasteiger partial charge in [-0.3, -0.25) is 9.59 Å². The molecule has 8 nitrogen and oxygen atoms in total. The number of methoxy groups -OCH3 is 1. The average Bonchev–Trinajstić information content (AvgIpc) is 2.64. The molecule has 0 fully saturated rings. The summed E-state index contributed by atoms with van der Waals surface area (Å²) >= 11 is 0. The van der Waals surface area contributed by atoms with Gasteiger partial charge in [-0.25, -0.2) is 17.5 Å². The molecule has 0 unspecified atom stereocenters. The van der Waals surface area contributed by atoms with Gasteiger partial charge in [0.1, 0.15) is 11.6 Å². The number of hydrogen-bond donors (Lipinski definition) is 2. The van der Waals surface area contributed by atoms with E-state index >= 15 is 0 Å². The van der Waals surface area contributed by atoms with E-state index in [1.165, 1.54) is 37.4 Å². The third kappa shape index (κ3) is 3.91. The lowest BCUT2D eigenvalue weighted by atomic mass is 10.3. The number of H-pyrrole nitrogens is 1. The van der Waals surface area contributed by atoms with Gasteiger partial charge >= 0.3 is 11.1 Å². The van der Waals surface area contributed by atoms with Crippen LogP contribution in [0.3, 0.4) is 0 Å². The number of nitrogens with zero attached hydrogens (tertiary/aromatic N) is 1. The molecule has 0 spiro atoms. The van der Waals surface area contributed by atoms with E-state index in [4.69, 9.17) is 4.74 Å². The van der Waals surface area contributed by atoms with Gasteiger partial charge in [-0.2, -0.15) is 0 Å². The van der Waals surface area contributed by atoms with Gasteiger partial charge in [0.25, 0.3) is 0 Å². The summed E-state index contributed by atoms with van der Waals surface area (Å²) in [7, 11) is -2.34. The Morgan fingerprint density at radius 1 is 1.15 bits per heavy atom. The molecule has 2 N–H and O–H groups in total. The Balaban J connectivity index is 1.83. The number of ether oxygens (including phenoxy) is 1. The molecule has 1 aromatic heterocycles. The monoisotopic (exact) mass is 393 g/mol. The molecule has 0 radical (unpaired) electrons. The number of halogens is 1. The van der Waals surface area contributed by atoms with Crippen LogP contribution in [0.4, 0.5) is 4.39 Å². The number of nitrogens with one attached hydrogen (secondary N) is 2. The van der Waals surface area contributed by atoms with Crippen LogP contribution in [0.1, 0.15) is 0 Å². The first-order chi connectivity index (χ1) is 12.8. The van der Waals surface area contributed by atoms with Gasteiger partial charge in [-0.05, 0) is 42.5 Å². The average molecular weight is 393 g/mol. The molecule has 0 aliphatic heterocycles. The normalized spacial score (nSPS) is 11.6. The van der Waals surface area contributed by atoms with Crippen molar-refractivity contribution in [2.24, 2.45) is 0 Å². The molecule has 142 valence electrons. The summed E-state index contributed by atoms with van der Waals surface area (Å²) in [6.45, 7) is -0.232. The highest BCUT2D eigenvalue weighted by Crippen LogP contribution is 2.15. The lowest BCUT2D eigenvalue weighted by Crippen LogP contribution is -2.39. The van der Waals surface area contributed by atoms with Crippen LogP contribution < -0.4 is 20.6 Å². The summed E-state index contributed by atoms with van der Waals surface area (Å²) in [5, 5.41) is 0. The van der Waals surface area contributed by atoms with Crippen molar-refractivity contribution in [1.29, 1.82) is 0 Å². The number of rotatable bonds is 6. The summed E-state index contributed by atoms with van der Waals surface area (Å²) in [6, 6.07) is 9.39. The van der Waals surface area contributed by atoms with Crippen LogP contribution >= 0.6 is 0 Å². The molecule has 0 amide bonds. The van der Waals surface area contributed by atoms with E-state index in [0.717, 1.165) is 16.7 Å². The molecule has 1 heterocycles. The minimum absolute atomic E-state index is 0.0356. The lowest BCUT2D eigenvalue weighted by Gasteiger charge is -2.11. The second-order valence-corrected chi connectivity index (χ2v) is 7.41. The van der Waals surface area contributed by atoms with Crippen LogP contribution in [0.2, 0.25) is 0 Å². The standard InChI is InChI=1S/C17H16FN3O5S/c1-26-12-3-5-13(6-4-12)27(24,25)19-8-9-21-15-7-2-11(18)10-14(15)20-16(22)17(21)23/h2-7,10,19H,8-9H2,1H3,(H,20,22). The second kappa shape index (κ2) is 7.33. The molecule has 0 aliphatic carbocycles. The molecule has 2 aromatic carbocycles. The van der Waals surface area contributed by atoms with Gasteiger partial charge < -0.3 is 14.3 Å². The topological polar surface area (TPSA) is 110 Å². The van der Waals surface area contributed by atoms with Crippen LogP contribution in [0.25, 0.3) is 11.0 Å². The highest BCUT2D eigenvalue weighted by Gasteiger charge is 2.14. The van der Waals surface area contributed by atoms with E-state index in [2.05, 4.69) is 9.71 Å². The van der Waals surface area contributed by atoms with Crippen molar-refractivity contribution in [2.45, 2.75) is 11.4 Å². The number of aromatic amines is 1. The first-order valence-electron chi connectivity index (χ1n) is 7.88. The Bertz CT molecular complexity index is 1200. The molecule has 0 aliphatic rings. The molecule has 0 saturated carbocycles. The largest absolute Gasteiger partial charge is 0.497 e. The fourth-order valence-corrected chi connectivity index (χ4v) is 3.62. The van der Waals surface area contributed by atoms with Crippen LogP contribution in [0, 0.1) is 5.82 Å². The summed E-state index contributed by atoms with van der Waals surface area (Å²) in [5.41, 5.74) is -1.31. The maximum atomic E-state index is 13.3. The first kappa shape index (κ1) is 18.8. The van der Waals surface area contributed by atoms with Crippen molar-refractivity contribution in [3.05, 3.63) is 69.0 Å². The van der Waals surface area contributed by atoms with Gasteiger partial charge in [0, 0.05) is 13.1 Å². The van der Waals surface area contributed by atoms with Crippen LogP contribution in [0.5, 0.6) is 5.75 Å². The van der Waals surface area contributed by atoms with E-state index in [1.807, 2.05) is 0 Å². The molecule has 0 bridgehead atoms. The van der Waals surface area contributed by atoms with Crippen molar-refractivity contribution < 1.29 is 17.5 Å². The third-order valence-corrected chi connectivity index (χ3v) is 5.41. The Morgan fingerprint density at radius 3 is 2.52 bits per heavy atom. The maximum absolute atomic E-state index is 13.3. The number of sulfonamides is 1. The fourth-order valence-electron chi connectivity index (χ4n) is 2.60. The smallest absolute Gasteiger partial charge is 0.316 e. The number of hydrogen-bond acceptors (Lipinski definition) is 5. The molecule has 0 atom stereocenters. The lowest BCUT2D eigenvalue weighted by molar-refractivity contribution is 0.414. The van der Waals surface area contributed by atoms with Crippen molar-refractivity contribution >= 4 is 21.1 Å². The molecule has 10 heteroatoms. The summed E-state index contributed by atoms with van der Waals surface area (Å²) < 4.78 is 46.4. The van der Waals surface area contributed by atoms with Crippen molar-refractivity contribution in [1.82, 2.24) is 14.3 Å². The summed E-state index contributed by atoms with van der Waals surface area (Å²) in [4.78, 5) is 26.2. The zero-order valence-corrected chi connectivity index (χ0v) is 15.0. The van der Waals surface area contributed by atoms with Crippen molar-refractivity contribution in [3.8, 4) is 5.75 Å². The number of benzene rings is 2. The first-order valence-corrected chi connectivity index (χ1v) is 9.36. The van der Waals surface area contributed by atoms with E-state index in [-0.39, 0.29) is 23.5 Å². The van der Waals surface area contributed by atoms with E-state index in [9.17, 15) is 22.4 Å². The Morgan fingerprint density at radius 2 is 1.85 bits per heavy atom. The van der Waals surface area contributed by atoms with Gasteiger partial charge in [0.2, 0.25) is 10.0 Å². The van der Waals surface area contributed by atoms with Crippen molar-refractivity contribution in [2.75, 3.05) is 13.7 Å².